The van der Waals surface area contributed by atoms with Crippen LogP contribution in [0.5, 0.6) is 0 Å². The van der Waals surface area contributed by atoms with Crippen LogP contribution in [-0.2, 0) is 5.60 Å². The van der Waals surface area contributed by atoms with E-state index >= 15 is 0 Å². The monoisotopic (exact) mass is 207 g/mol. The fourth-order valence-electron chi connectivity index (χ4n) is 1.52. The number of hydrogen-bond donors (Lipinski definition) is 2. The molecule has 0 heterocycles. The van der Waals surface area contributed by atoms with Crippen molar-refractivity contribution in [3.63, 3.8) is 0 Å². The Morgan fingerprint density at radius 2 is 2.00 bits per heavy atom. The van der Waals surface area contributed by atoms with Gasteiger partial charge in [0, 0.05) is 5.56 Å². The summed E-state index contributed by atoms with van der Waals surface area (Å²) < 4.78 is 0. The summed E-state index contributed by atoms with van der Waals surface area (Å²) in [6.07, 6.45) is 0. The molecule has 0 spiro atoms. The van der Waals surface area contributed by atoms with Crippen LogP contribution in [0.3, 0.4) is 0 Å². The Labute approximate surface area is 90.1 Å². The summed E-state index contributed by atoms with van der Waals surface area (Å²) in [5, 5.41) is 12.7. The molecular formula is C12H17NO2. The molecule has 0 fully saturated rings. The number of carbonyl (C=O) groups is 1. The molecule has 1 aromatic rings. The smallest absolute Gasteiger partial charge is 0.176 e. The third-order valence-corrected chi connectivity index (χ3v) is 2.22. The number of likely N-dealkylation sites (N-methyl/N-ethyl adjacent to an activating group) is 1. The zero-order chi connectivity index (χ0) is 11.5. The van der Waals surface area contributed by atoms with Crippen LogP contribution < -0.4 is 5.32 Å². The van der Waals surface area contributed by atoms with Crippen LogP contribution in [0.15, 0.2) is 24.3 Å². The molecule has 0 unspecified atom stereocenters. The lowest BCUT2D eigenvalue weighted by Gasteiger charge is -2.20. The van der Waals surface area contributed by atoms with Crippen LogP contribution >= 0.6 is 0 Å². The highest BCUT2D eigenvalue weighted by molar-refractivity contribution is 5.99. The Kier molecular flexibility index (Phi) is 3.61. The normalized spacial score (nSPS) is 11.5. The van der Waals surface area contributed by atoms with E-state index in [2.05, 4.69) is 5.32 Å². The highest BCUT2D eigenvalue weighted by atomic mass is 16.3. The average Bonchev–Trinajstić information content (AvgIpc) is 2.17. The molecule has 1 rings (SSSR count). The molecule has 3 heteroatoms. The van der Waals surface area contributed by atoms with Crippen molar-refractivity contribution in [3.05, 3.63) is 35.4 Å². The van der Waals surface area contributed by atoms with Gasteiger partial charge in [-0.15, -0.1) is 0 Å². The zero-order valence-electron chi connectivity index (χ0n) is 9.37. The minimum Gasteiger partial charge on any atom is -0.386 e. The van der Waals surface area contributed by atoms with E-state index in [1.165, 1.54) is 0 Å². The molecule has 0 saturated heterocycles. The van der Waals surface area contributed by atoms with Crippen molar-refractivity contribution in [2.45, 2.75) is 19.4 Å². The summed E-state index contributed by atoms with van der Waals surface area (Å²) in [5.74, 6) is -0.00442. The molecule has 0 radical (unpaired) electrons. The number of hydrogen-bond acceptors (Lipinski definition) is 3. The van der Waals surface area contributed by atoms with Gasteiger partial charge >= 0.3 is 0 Å². The lowest BCUT2D eigenvalue weighted by atomic mass is 9.91. The number of benzene rings is 1. The van der Waals surface area contributed by atoms with Gasteiger partial charge in [-0.1, -0.05) is 24.3 Å². The number of nitrogens with one attached hydrogen (secondary N) is 1. The van der Waals surface area contributed by atoms with E-state index < -0.39 is 5.60 Å². The molecule has 82 valence electrons. The van der Waals surface area contributed by atoms with Gasteiger partial charge in [0.1, 0.15) is 0 Å². The van der Waals surface area contributed by atoms with Gasteiger partial charge in [0.15, 0.2) is 5.78 Å². The highest BCUT2D eigenvalue weighted by Gasteiger charge is 2.22. The summed E-state index contributed by atoms with van der Waals surface area (Å²) in [4.78, 5) is 11.7. The first kappa shape index (κ1) is 11.9. The van der Waals surface area contributed by atoms with Crippen molar-refractivity contribution < 1.29 is 9.90 Å². The van der Waals surface area contributed by atoms with Crippen molar-refractivity contribution in [3.8, 4) is 0 Å². The van der Waals surface area contributed by atoms with Crippen molar-refractivity contribution in [2.75, 3.05) is 13.6 Å². The molecule has 3 nitrogen and oxygen atoms in total. The summed E-state index contributed by atoms with van der Waals surface area (Å²) >= 11 is 0. The first-order valence-electron chi connectivity index (χ1n) is 4.96. The maximum atomic E-state index is 11.7. The molecule has 15 heavy (non-hydrogen) atoms. The average molecular weight is 207 g/mol. The molecule has 1 aromatic carbocycles. The molecule has 0 amide bonds. The number of Topliss-reactive ketones (excluding diaryl/α,β-unsaturated/α-hetero) is 1. The molecule has 0 atom stereocenters. The summed E-state index contributed by atoms with van der Waals surface area (Å²) in [7, 11) is 1.73. The third kappa shape index (κ3) is 2.88. The number of carbonyl (C=O) groups excluding carboxylic acids is 1. The molecule has 0 aliphatic carbocycles. The molecule has 0 bridgehead atoms. The molecule has 0 saturated carbocycles. The SMILES string of the molecule is CNCC(=O)c1ccccc1C(C)(C)O. The quantitative estimate of drug-likeness (QED) is 0.732. The van der Waals surface area contributed by atoms with Crippen molar-refractivity contribution in [1.82, 2.24) is 5.32 Å². The fourth-order valence-corrected chi connectivity index (χ4v) is 1.52. The van der Waals surface area contributed by atoms with Crippen molar-refractivity contribution >= 4 is 5.78 Å². The van der Waals surface area contributed by atoms with Crippen LogP contribution in [0.2, 0.25) is 0 Å². The highest BCUT2D eigenvalue weighted by Crippen LogP contribution is 2.23. The van der Waals surface area contributed by atoms with Gasteiger partial charge in [-0.25, -0.2) is 0 Å². The second-order valence-electron chi connectivity index (χ2n) is 4.06. The zero-order valence-corrected chi connectivity index (χ0v) is 9.37. The van der Waals surface area contributed by atoms with E-state index in [1.54, 1.807) is 39.1 Å². The summed E-state index contributed by atoms with van der Waals surface area (Å²) in [6.45, 7) is 3.64. The molecule has 0 aliphatic rings. The van der Waals surface area contributed by atoms with Gasteiger partial charge in [0.2, 0.25) is 0 Å². The van der Waals surface area contributed by atoms with Gasteiger partial charge in [0.25, 0.3) is 0 Å². The Morgan fingerprint density at radius 1 is 1.40 bits per heavy atom. The third-order valence-electron chi connectivity index (χ3n) is 2.22. The predicted molar refractivity (Wildman–Crippen MR) is 59.9 cm³/mol. The van der Waals surface area contributed by atoms with Crippen LogP contribution in [0, 0.1) is 0 Å². The second-order valence-corrected chi connectivity index (χ2v) is 4.06. The van der Waals surface area contributed by atoms with Crippen LogP contribution in [0.4, 0.5) is 0 Å². The summed E-state index contributed by atoms with van der Waals surface area (Å²) in [6, 6.07) is 7.15. The van der Waals surface area contributed by atoms with Gasteiger partial charge in [-0.2, -0.15) is 0 Å². The van der Waals surface area contributed by atoms with Gasteiger partial charge in [-0.3, -0.25) is 4.79 Å². The van der Waals surface area contributed by atoms with Gasteiger partial charge < -0.3 is 10.4 Å². The maximum absolute atomic E-state index is 11.7. The largest absolute Gasteiger partial charge is 0.386 e. The number of aliphatic hydroxyl groups is 1. The summed E-state index contributed by atoms with van der Waals surface area (Å²) in [5.41, 5.74) is 0.268. The first-order chi connectivity index (χ1) is 6.96. The topological polar surface area (TPSA) is 49.3 Å². The molecule has 2 N–H and O–H groups in total. The van der Waals surface area contributed by atoms with Gasteiger partial charge in [-0.05, 0) is 26.5 Å². The number of rotatable bonds is 4. The van der Waals surface area contributed by atoms with E-state index in [0.717, 1.165) is 0 Å². The Balaban J connectivity index is 3.12. The Bertz CT molecular complexity index is 353. The second kappa shape index (κ2) is 4.55. The van der Waals surface area contributed by atoms with E-state index in [1.807, 2.05) is 6.07 Å². The van der Waals surface area contributed by atoms with E-state index in [-0.39, 0.29) is 12.3 Å². The molecular weight excluding hydrogens is 190 g/mol. The van der Waals surface area contributed by atoms with Crippen LogP contribution in [0.1, 0.15) is 29.8 Å². The van der Waals surface area contributed by atoms with Crippen molar-refractivity contribution in [1.29, 1.82) is 0 Å². The Morgan fingerprint density at radius 3 is 2.53 bits per heavy atom. The predicted octanol–water partition coefficient (Wildman–Crippen LogP) is 1.32. The lowest BCUT2D eigenvalue weighted by Crippen LogP contribution is -2.24. The van der Waals surface area contributed by atoms with E-state index in [9.17, 15) is 9.90 Å². The molecule has 0 aromatic heterocycles. The van der Waals surface area contributed by atoms with Crippen LogP contribution in [0.25, 0.3) is 0 Å². The van der Waals surface area contributed by atoms with Crippen molar-refractivity contribution in [2.24, 2.45) is 0 Å². The van der Waals surface area contributed by atoms with E-state index in [4.69, 9.17) is 0 Å². The Hall–Kier alpha value is -1.19. The van der Waals surface area contributed by atoms with Crippen LogP contribution in [-0.4, -0.2) is 24.5 Å². The van der Waals surface area contributed by atoms with E-state index in [0.29, 0.717) is 11.1 Å². The standard InChI is InChI=1S/C12H17NO2/c1-12(2,15)10-7-5-4-6-9(10)11(14)8-13-3/h4-7,13,15H,8H2,1-3H3. The first-order valence-corrected chi connectivity index (χ1v) is 4.96. The van der Waals surface area contributed by atoms with Gasteiger partial charge in [0.05, 0.1) is 12.1 Å². The number of ketones is 1. The minimum atomic E-state index is -0.986. The molecule has 0 aliphatic heterocycles. The maximum Gasteiger partial charge on any atom is 0.176 e. The lowest BCUT2D eigenvalue weighted by molar-refractivity contribution is 0.0754. The fraction of sp³-hybridized carbons (Fsp3) is 0.417. The minimum absolute atomic E-state index is 0.00442.